The molecule has 0 atom stereocenters. The molecule has 0 saturated carbocycles. The summed E-state index contributed by atoms with van der Waals surface area (Å²) >= 11 is 0. The number of amidine groups is 1. The third-order valence-corrected chi connectivity index (χ3v) is 2.15. The lowest BCUT2D eigenvalue weighted by atomic mass is 10.2. The van der Waals surface area contributed by atoms with Gasteiger partial charge in [0.05, 0.1) is 0 Å². The first-order valence-electron chi connectivity index (χ1n) is 5.37. The average Bonchev–Trinajstić information content (AvgIpc) is 2.75. The van der Waals surface area contributed by atoms with Crippen LogP contribution in [-0.2, 0) is 6.42 Å². The number of H-pyrrole nitrogens is 1. The van der Waals surface area contributed by atoms with E-state index < -0.39 is 0 Å². The summed E-state index contributed by atoms with van der Waals surface area (Å²) in [6.45, 7) is 5.85. The van der Waals surface area contributed by atoms with Crippen LogP contribution in [0.25, 0.3) is 5.57 Å². The first-order valence-corrected chi connectivity index (χ1v) is 5.37. The highest BCUT2D eigenvalue weighted by Gasteiger charge is 1.96. The van der Waals surface area contributed by atoms with E-state index >= 15 is 0 Å². The van der Waals surface area contributed by atoms with Gasteiger partial charge in [0.25, 0.3) is 0 Å². The Hall–Kier alpha value is -2.10. The summed E-state index contributed by atoms with van der Waals surface area (Å²) in [4.78, 5) is 10.9. The van der Waals surface area contributed by atoms with Crippen molar-refractivity contribution in [1.29, 1.82) is 0 Å². The van der Waals surface area contributed by atoms with Crippen molar-refractivity contribution in [3.63, 3.8) is 0 Å². The first-order chi connectivity index (χ1) is 8.13. The molecule has 0 aliphatic heterocycles. The number of hydrogen-bond acceptors (Lipinski definition) is 1. The van der Waals surface area contributed by atoms with Crippen LogP contribution in [0.4, 0.5) is 0 Å². The van der Waals surface area contributed by atoms with Crippen molar-refractivity contribution in [2.75, 3.05) is 7.05 Å². The molecule has 0 saturated heterocycles. The van der Waals surface area contributed by atoms with Crippen molar-refractivity contribution in [3.8, 4) is 0 Å². The molecule has 3 N–H and O–H groups in total. The molecule has 90 valence electrons. The zero-order valence-electron chi connectivity index (χ0n) is 10.3. The fourth-order valence-corrected chi connectivity index (χ4v) is 1.28. The molecule has 0 unspecified atom stereocenters. The van der Waals surface area contributed by atoms with Crippen LogP contribution in [0.5, 0.6) is 0 Å². The average molecular weight is 230 g/mol. The van der Waals surface area contributed by atoms with Crippen molar-refractivity contribution < 1.29 is 0 Å². The van der Waals surface area contributed by atoms with Crippen LogP contribution in [0, 0.1) is 0 Å². The van der Waals surface area contributed by atoms with Gasteiger partial charge < -0.3 is 10.7 Å². The van der Waals surface area contributed by atoms with Crippen molar-refractivity contribution >= 4 is 17.7 Å². The summed E-state index contributed by atoms with van der Waals surface area (Å²) in [5, 5.41) is 0. The van der Waals surface area contributed by atoms with Crippen molar-refractivity contribution in [2.45, 2.75) is 13.3 Å². The van der Waals surface area contributed by atoms with Gasteiger partial charge >= 0.3 is 0 Å². The molecule has 0 radical (unpaired) electrons. The Balaban J connectivity index is 2.55. The second-order valence-corrected chi connectivity index (χ2v) is 3.71. The van der Waals surface area contributed by atoms with Gasteiger partial charge in [0.2, 0.25) is 0 Å². The molecule has 0 aliphatic rings. The molecule has 0 aliphatic carbocycles. The molecular formula is C13H18N4. The zero-order chi connectivity index (χ0) is 12.7. The largest absolute Gasteiger partial charge is 0.384 e. The van der Waals surface area contributed by atoms with Crippen LogP contribution in [0.3, 0.4) is 0 Å². The number of nitrogens with two attached hydrogens (primary N) is 1. The highest BCUT2D eigenvalue weighted by atomic mass is 14.9. The fourth-order valence-electron chi connectivity index (χ4n) is 1.28. The van der Waals surface area contributed by atoms with Crippen LogP contribution in [-0.4, -0.2) is 24.2 Å². The zero-order valence-corrected chi connectivity index (χ0v) is 10.3. The molecule has 0 bridgehead atoms. The fraction of sp³-hybridized carbons (Fsp3) is 0.231. The molecule has 4 heteroatoms. The molecule has 0 amide bonds. The van der Waals surface area contributed by atoms with E-state index in [1.807, 2.05) is 25.1 Å². The molecule has 0 spiro atoms. The molecule has 0 fully saturated rings. The summed E-state index contributed by atoms with van der Waals surface area (Å²) in [5.41, 5.74) is 8.84. The second kappa shape index (κ2) is 6.48. The van der Waals surface area contributed by atoms with Gasteiger partial charge in [-0.05, 0) is 30.7 Å². The van der Waals surface area contributed by atoms with Crippen LogP contribution < -0.4 is 5.73 Å². The Morgan fingerprint density at radius 3 is 2.88 bits per heavy atom. The van der Waals surface area contributed by atoms with Gasteiger partial charge in [-0.15, -0.1) is 0 Å². The maximum absolute atomic E-state index is 5.62. The normalized spacial score (nSPS) is 12.7. The number of nitrogens with zero attached hydrogens (tertiary/aromatic N) is 2. The lowest BCUT2D eigenvalue weighted by Gasteiger charge is -1.94. The second-order valence-electron chi connectivity index (χ2n) is 3.71. The molecule has 4 nitrogen and oxygen atoms in total. The van der Waals surface area contributed by atoms with E-state index in [0.29, 0.717) is 5.84 Å². The Morgan fingerprint density at radius 1 is 1.53 bits per heavy atom. The minimum Gasteiger partial charge on any atom is -0.384 e. The minimum absolute atomic E-state index is 0.447. The number of nitrogens with one attached hydrogen (secondary N) is 1. The summed E-state index contributed by atoms with van der Waals surface area (Å²) in [5.74, 6) is 0.447. The molecule has 1 aromatic heterocycles. The van der Waals surface area contributed by atoms with Gasteiger partial charge in [0, 0.05) is 24.9 Å². The maximum Gasteiger partial charge on any atom is 0.124 e. The standard InChI is InChI=1S/C13H18N4/c1-10(2)12-8-7-11(17-12)5-4-6-13(14)16-9-15-3/h4,6-9,17H,1,5H2,2-3H3,(H2,14,15,16)/b6-4+. The van der Waals surface area contributed by atoms with E-state index in [2.05, 4.69) is 21.5 Å². The van der Waals surface area contributed by atoms with Crippen LogP contribution in [0.1, 0.15) is 18.3 Å². The Labute approximate surface area is 102 Å². The van der Waals surface area contributed by atoms with Gasteiger partial charge in [-0.25, -0.2) is 4.99 Å². The number of allylic oxidation sites excluding steroid dienone is 2. The molecular weight excluding hydrogens is 212 g/mol. The Morgan fingerprint density at radius 2 is 2.29 bits per heavy atom. The first kappa shape index (κ1) is 13.0. The molecule has 1 heterocycles. The number of aliphatic imine (C=N–C) groups is 2. The maximum atomic E-state index is 5.62. The van der Waals surface area contributed by atoms with Crippen LogP contribution in [0.2, 0.25) is 0 Å². The lowest BCUT2D eigenvalue weighted by Crippen LogP contribution is -2.07. The van der Waals surface area contributed by atoms with Crippen molar-refractivity contribution in [2.24, 2.45) is 15.7 Å². The summed E-state index contributed by atoms with van der Waals surface area (Å²) in [6, 6.07) is 4.06. The summed E-state index contributed by atoms with van der Waals surface area (Å²) in [7, 11) is 1.65. The number of aromatic nitrogens is 1. The summed E-state index contributed by atoms with van der Waals surface area (Å²) in [6.07, 6.45) is 5.93. The number of aromatic amines is 1. The molecule has 0 aromatic carbocycles. The topological polar surface area (TPSA) is 66.5 Å². The summed E-state index contributed by atoms with van der Waals surface area (Å²) < 4.78 is 0. The van der Waals surface area contributed by atoms with Gasteiger partial charge in [-0.2, -0.15) is 0 Å². The van der Waals surface area contributed by atoms with E-state index in [-0.39, 0.29) is 0 Å². The van der Waals surface area contributed by atoms with Crippen LogP contribution >= 0.6 is 0 Å². The molecule has 17 heavy (non-hydrogen) atoms. The predicted molar refractivity (Wildman–Crippen MR) is 74.4 cm³/mol. The van der Waals surface area contributed by atoms with Crippen LogP contribution in [0.15, 0.2) is 40.8 Å². The van der Waals surface area contributed by atoms with Crippen molar-refractivity contribution in [1.82, 2.24) is 4.98 Å². The van der Waals surface area contributed by atoms with E-state index in [1.165, 1.54) is 6.34 Å². The number of hydrogen-bond donors (Lipinski definition) is 2. The highest BCUT2D eigenvalue weighted by molar-refractivity contribution is 5.96. The Kier molecular flexibility index (Phi) is 4.94. The monoisotopic (exact) mass is 230 g/mol. The lowest BCUT2D eigenvalue weighted by molar-refractivity contribution is 1.14. The minimum atomic E-state index is 0.447. The predicted octanol–water partition coefficient (Wildman–Crippen LogP) is 2.16. The smallest absolute Gasteiger partial charge is 0.124 e. The highest BCUT2D eigenvalue weighted by Crippen LogP contribution is 2.11. The third kappa shape index (κ3) is 4.51. The van der Waals surface area contributed by atoms with Gasteiger partial charge in [-0.3, -0.25) is 4.99 Å². The quantitative estimate of drug-likeness (QED) is 0.590. The molecule has 1 rings (SSSR count). The van der Waals surface area contributed by atoms with Gasteiger partial charge in [0.1, 0.15) is 12.2 Å². The van der Waals surface area contributed by atoms with Gasteiger partial charge in [0.15, 0.2) is 0 Å². The van der Waals surface area contributed by atoms with Crippen molar-refractivity contribution in [3.05, 3.63) is 42.3 Å². The van der Waals surface area contributed by atoms with E-state index in [0.717, 1.165) is 23.4 Å². The Bertz CT molecular complexity index is 464. The third-order valence-electron chi connectivity index (χ3n) is 2.15. The molecule has 1 aromatic rings. The SMILES string of the molecule is C=C(C)c1ccc(C/C=C/C(N)=NC=NC)[nH]1. The van der Waals surface area contributed by atoms with Gasteiger partial charge in [-0.1, -0.05) is 12.7 Å². The van der Waals surface area contributed by atoms with E-state index in [1.54, 1.807) is 13.1 Å². The van der Waals surface area contributed by atoms with E-state index in [4.69, 9.17) is 5.73 Å². The number of rotatable bonds is 5. The van der Waals surface area contributed by atoms with E-state index in [9.17, 15) is 0 Å².